The number of methoxy groups -OCH3 is 2. The first-order valence-electron chi connectivity index (χ1n) is 8.07. The molecule has 1 aliphatic heterocycles. The number of pyridine rings is 1. The molecule has 1 aromatic carbocycles. The molecular weight excluding hydrogens is 401 g/mol. The Labute approximate surface area is 159 Å². The fraction of sp³-hybridized carbons (Fsp3) is 0.353. The van der Waals surface area contributed by atoms with E-state index in [0.29, 0.717) is 11.9 Å². The summed E-state index contributed by atoms with van der Waals surface area (Å²) in [6, 6.07) is 6.39. The van der Waals surface area contributed by atoms with Crippen LogP contribution in [0.1, 0.15) is 5.56 Å². The molecule has 0 radical (unpaired) electrons. The molecule has 152 valence electrons. The van der Waals surface area contributed by atoms with Crippen LogP contribution >= 0.6 is 0 Å². The van der Waals surface area contributed by atoms with Crippen molar-refractivity contribution in [2.24, 2.45) is 0 Å². The summed E-state index contributed by atoms with van der Waals surface area (Å²) in [5, 5.41) is 0. The Hall–Kier alpha value is -2.53. The summed E-state index contributed by atoms with van der Waals surface area (Å²) in [7, 11) is -1.07. The highest BCUT2D eigenvalue weighted by Gasteiger charge is 2.40. The highest BCUT2D eigenvalue weighted by atomic mass is 32.2. The normalized spacial score (nSPS) is 15.8. The van der Waals surface area contributed by atoms with E-state index < -0.39 is 27.9 Å². The molecule has 1 aliphatic rings. The van der Waals surface area contributed by atoms with Crippen molar-refractivity contribution in [3.8, 4) is 17.4 Å². The lowest BCUT2D eigenvalue weighted by Crippen LogP contribution is -2.56. The quantitative estimate of drug-likeness (QED) is 0.718. The standard InChI is InChI=1S/C17H17F3N2O5S/c1-25-12-4-5-14(26-2)15(7-12)28(23,24)22-9-13(10-22)27-16-6-3-11(8-21-16)17(18,19)20/h3-8,13H,9-10H2,1-2H3. The van der Waals surface area contributed by atoms with E-state index >= 15 is 0 Å². The average molecular weight is 418 g/mol. The first-order chi connectivity index (χ1) is 13.1. The molecule has 7 nitrogen and oxygen atoms in total. The number of rotatable bonds is 6. The summed E-state index contributed by atoms with van der Waals surface area (Å²) >= 11 is 0. The molecule has 2 heterocycles. The van der Waals surface area contributed by atoms with Crippen molar-refractivity contribution in [3.63, 3.8) is 0 Å². The zero-order valence-electron chi connectivity index (χ0n) is 14.9. The monoisotopic (exact) mass is 418 g/mol. The van der Waals surface area contributed by atoms with Crippen LogP contribution in [0.4, 0.5) is 13.2 Å². The van der Waals surface area contributed by atoms with E-state index in [2.05, 4.69) is 4.98 Å². The first-order valence-corrected chi connectivity index (χ1v) is 9.51. The molecule has 2 aromatic rings. The SMILES string of the molecule is COc1ccc(OC)c(S(=O)(=O)N2CC(Oc3ccc(C(F)(F)F)cn3)C2)c1. The molecule has 0 aliphatic carbocycles. The van der Waals surface area contributed by atoms with E-state index in [9.17, 15) is 21.6 Å². The summed E-state index contributed by atoms with van der Waals surface area (Å²) in [6.45, 7) is 0.0663. The molecule has 11 heteroatoms. The third kappa shape index (κ3) is 3.99. The molecule has 28 heavy (non-hydrogen) atoms. The van der Waals surface area contributed by atoms with Crippen molar-refractivity contribution < 1.29 is 35.8 Å². The van der Waals surface area contributed by atoms with Gasteiger partial charge in [0.05, 0.1) is 32.9 Å². The summed E-state index contributed by atoms with van der Waals surface area (Å²) in [5.41, 5.74) is -0.886. The van der Waals surface area contributed by atoms with Crippen molar-refractivity contribution in [1.29, 1.82) is 0 Å². The number of alkyl halides is 3. The smallest absolute Gasteiger partial charge is 0.417 e. The minimum Gasteiger partial charge on any atom is -0.497 e. The second kappa shape index (κ2) is 7.47. The third-order valence-corrected chi connectivity index (χ3v) is 6.01. The predicted octanol–water partition coefficient (Wildman–Crippen LogP) is 2.57. The van der Waals surface area contributed by atoms with Crippen LogP contribution in [0, 0.1) is 0 Å². The van der Waals surface area contributed by atoms with Crippen LogP contribution < -0.4 is 14.2 Å². The van der Waals surface area contributed by atoms with Gasteiger partial charge in [-0.05, 0) is 18.2 Å². The number of hydrogen-bond acceptors (Lipinski definition) is 6. The molecule has 0 unspecified atom stereocenters. The minimum atomic E-state index is -4.48. The van der Waals surface area contributed by atoms with Gasteiger partial charge >= 0.3 is 6.18 Å². The number of halogens is 3. The number of nitrogens with zero attached hydrogens (tertiary/aromatic N) is 2. The van der Waals surface area contributed by atoms with Crippen LogP contribution in [0.15, 0.2) is 41.4 Å². The molecule has 3 rings (SSSR count). The van der Waals surface area contributed by atoms with Gasteiger partial charge in [0.25, 0.3) is 0 Å². The van der Waals surface area contributed by atoms with E-state index in [4.69, 9.17) is 14.2 Å². The molecule has 1 fully saturated rings. The Kier molecular flexibility index (Phi) is 5.39. The van der Waals surface area contributed by atoms with Gasteiger partial charge in [-0.2, -0.15) is 17.5 Å². The van der Waals surface area contributed by atoms with Gasteiger partial charge in [-0.3, -0.25) is 0 Å². The van der Waals surface area contributed by atoms with Crippen LogP contribution in [0.2, 0.25) is 0 Å². The lowest BCUT2D eigenvalue weighted by atomic mass is 10.2. The van der Waals surface area contributed by atoms with Crippen LogP contribution in [-0.2, 0) is 16.2 Å². The Morgan fingerprint density at radius 2 is 1.82 bits per heavy atom. The summed E-state index contributed by atoms with van der Waals surface area (Å²) in [6.07, 6.45) is -4.33. The molecule has 0 spiro atoms. The molecule has 1 saturated heterocycles. The molecule has 0 amide bonds. The maximum atomic E-state index is 12.8. The highest BCUT2D eigenvalue weighted by molar-refractivity contribution is 7.89. The van der Waals surface area contributed by atoms with Gasteiger partial charge < -0.3 is 14.2 Å². The molecule has 1 aromatic heterocycles. The van der Waals surface area contributed by atoms with E-state index in [1.54, 1.807) is 6.07 Å². The largest absolute Gasteiger partial charge is 0.497 e. The maximum absolute atomic E-state index is 12.8. The Bertz CT molecular complexity index is 942. The second-order valence-electron chi connectivity index (χ2n) is 5.96. The lowest BCUT2D eigenvalue weighted by Gasteiger charge is -2.37. The van der Waals surface area contributed by atoms with Gasteiger partial charge in [-0.1, -0.05) is 0 Å². The Balaban J connectivity index is 1.67. The number of ether oxygens (including phenoxy) is 3. The molecule has 0 N–H and O–H groups in total. The topological polar surface area (TPSA) is 78.0 Å². The second-order valence-corrected chi connectivity index (χ2v) is 7.87. The zero-order valence-corrected chi connectivity index (χ0v) is 15.7. The van der Waals surface area contributed by atoms with Crippen LogP contribution in [-0.4, -0.2) is 51.1 Å². The van der Waals surface area contributed by atoms with Gasteiger partial charge in [-0.25, -0.2) is 13.4 Å². The maximum Gasteiger partial charge on any atom is 0.417 e. The van der Waals surface area contributed by atoms with Gasteiger partial charge in [0.1, 0.15) is 22.5 Å². The third-order valence-electron chi connectivity index (χ3n) is 4.15. The lowest BCUT2D eigenvalue weighted by molar-refractivity contribution is -0.137. The van der Waals surface area contributed by atoms with Crippen LogP contribution in [0.5, 0.6) is 17.4 Å². The summed E-state index contributed by atoms with van der Waals surface area (Å²) in [5.74, 6) is 0.533. The number of sulfonamides is 1. The number of hydrogen-bond donors (Lipinski definition) is 0. The summed E-state index contributed by atoms with van der Waals surface area (Å²) in [4.78, 5) is 3.57. The minimum absolute atomic E-state index is 0.00555. The van der Waals surface area contributed by atoms with Crippen molar-refractivity contribution in [1.82, 2.24) is 9.29 Å². The number of aromatic nitrogens is 1. The first kappa shape index (κ1) is 20.2. The van der Waals surface area contributed by atoms with Gasteiger partial charge in [0.2, 0.25) is 15.9 Å². The van der Waals surface area contributed by atoms with Crippen molar-refractivity contribution in [3.05, 3.63) is 42.1 Å². The molecule has 0 bridgehead atoms. The van der Waals surface area contributed by atoms with Crippen molar-refractivity contribution in [2.75, 3.05) is 27.3 Å². The van der Waals surface area contributed by atoms with Crippen molar-refractivity contribution in [2.45, 2.75) is 17.2 Å². The Morgan fingerprint density at radius 3 is 2.36 bits per heavy atom. The van der Waals surface area contributed by atoms with Gasteiger partial charge in [0.15, 0.2) is 0 Å². The van der Waals surface area contributed by atoms with E-state index in [-0.39, 0.29) is 29.6 Å². The molecule has 0 saturated carbocycles. The number of benzene rings is 1. The average Bonchev–Trinajstić information content (AvgIpc) is 2.63. The van der Waals surface area contributed by atoms with E-state index in [1.807, 2.05) is 0 Å². The van der Waals surface area contributed by atoms with Crippen LogP contribution in [0.25, 0.3) is 0 Å². The van der Waals surface area contributed by atoms with Crippen molar-refractivity contribution >= 4 is 10.0 Å². The molecular formula is C17H17F3N2O5S. The van der Waals surface area contributed by atoms with Gasteiger partial charge in [-0.15, -0.1) is 0 Å². The predicted molar refractivity (Wildman–Crippen MR) is 92.0 cm³/mol. The Morgan fingerprint density at radius 1 is 1.11 bits per heavy atom. The van der Waals surface area contributed by atoms with E-state index in [1.165, 1.54) is 30.7 Å². The summed E-state index contributed by atoms with van der Waals surface area (Å²) < 4.78 is 80.1. The fourth-order valence-corrected chi connectivity index (χ4v) is 4.26. The van der Waals surface area contributed by atoms with Crippen LogP contribution in [0.3, 0.4) is 0 Å². The fourth-order valence-electron chi connectivity index (χ4n) is 2.58. The van der Waals surface area contributed by atoms with E-state index in [0.717, 1.165) is 12.1 Å². The van der Waals surface area contributed by atoms with Gasteiger partial charge in [0, 0.05) is 18.3 Å². The zero-order chi connectivity index (χ0) is 20.5. The molecule has 0 atom stereocenters. The highest BCUT2D eigenvalue weighted by Crippen LogP contribution is 2.33.